The maximum absolute atomic E-state index is 12.4. The van der Waals surface area contributed by atoms with Gasteiger partial charge in [0, 0.05) is 0 Å². The Kier molecular flexibility index (Phi) is 9.94. The van der Waals surface area contributed by atoms with Crippen LogP contribution in [0.4, 0.5) is 0 Å². The number of sulfonamides is 3. The van der Waals surface area contributed by atoms with E-state index in [1.165, 1.54) is 11.8 Å². The van der Waals surface area contributed by atoms with Crippen molar-refractivity contribution in [3.8, 4) is 0 Å². The predicted molar refractivity (Wildman–Crippen MR) is 112 cm³/mol. The van der Waals surface area contributed by atoms with Crippen LogP contribution in [0.2, 0.25) is 0 Å². The second-order valence-corrected chi connectivity index (χ2v) is 13.2. The number of hydrazine groups is 2. The van der Waals surface area contributed by atoms with Gasteiger partial charge in [-0.2, -0.15) is 13.1 Å². The molecule has 1 rings (SSSR count). The highest BCUT2D eigenvalue weighted by Gasteiger charge is 2.30. The van der Waals surface area contributed by atoms with Crippen LogP contribution >= 0.6 is 0 Å². The first-order valence-electron chi connectivity index (χ1n) is 8.52. The average Bonchev–Trinajstić information content (AvgIpc) is 2.64. The van der Waals surface area contributed by atoms with Gasteiger partial charge in [0.1, 0.15) is 0 Å². The summed E-state index contributed by atoms with van der Waals surface area (Å²) in [5.41, 5.74) is 6.15. The molecule has 0 bridgehead atoms. The molecule has 1 aromatic rings. The third-order valence-electron chi connectivity index (χ3n) is 3.34. The molecule has 0 saturated heterocycles. The molecule has 0 saturated carbocycles. The molecule has 0 aliphatic rings. The van der Waals surface area contributed by atoms with E-state index in [0.717, 1.165) is 0 Å². The fourth-order valence-electron chi connectivity index (χ4n) is 1.84. The van der Waals surface area contributed by atoms with Crippen LogP contribution in [0.5, 0.6) is 0 Å². The van der Waals surface area contributed by atoms with Crippen molar-refractivity contribution in [2.45, 2.75) is 26.1 Å². The Morgan fingerprint density at radius 3 is 2.10 bits per heavy atom. The Balaban J connectivity index is 2.77. The number of benzene rings is 1. The van der Waals surface area contributed by atoms with E-state index in [1.54, 1.807) is 35.2 Å². The van der Waals surface area contributed by atoms with Crippen LogP contribution in [0.1, 0.15) is 18.9 Å². The molecule has 0 aromatic heterocycles. The summed E-state index contributed by atoms with van der Waals surface area (Å²) >= 11 is 0. The van der Waals surface area contributed by atoms with Gasteiger partial charge in [-0.3, -0.25) is 4.18 Å². The highest BCUT2D eigenvalue weighted by Crippen LogP contribution is 2.05. The average molecular weight is 524 g/mol. The lowest BCUT2D eigenvalue weighted by Gasteiger charge is -2.22. The molecule has 1 unspecified atom stereocenters. The number of nitrogens with two attached hydrogens (primary N) is 1. The van der Waals surface area contributed by atoms with Crippen LogP contribution in [0, 0.1) is 0 Å². The van der Waals surface area contributed by atoms with Crippen molar-refractivity contribution in [1.82, 2.24) is 18.9 Å². The Labute approximate surface area is 182 Å². The molecular weight excluding hydrogens is 498 g/mol. The number of nitrogens with zero attached hydrogens (tertiary/aromatic N) is 1. The molecular formula is C13H25N5O9S4. The Hall–Kier alpha value is -1.22. The van der Waals surface area contributed by atoms with Crippen LogP contribution in [-0.4, -0.2) is 62.1 Å². The van der Waals surface area contributed by atoms with E-state index in [0.29, 0.717) is 11.8 Å². The molecule has 180 valence electrons. The highest BCUT2D eigenvalue weighted by molar-refractivity contribution is 7.93. The van der Waals surface area contributed by atoms with Crippen molar-refractivity contribution in [3.05, 3.63) is 35.9 Å². The minimum absolute atomic E-state index is 0.172. The molecule has 0 fully saturated rings. The quantitative estimate of drug-likeness (QED) is 0.151. The van der Waals surface area contributed by atoms with Crippen LogP contribution in [0.25, 0.3) is 0 Å². The van der Waals surface area contributed by atoms with Gasteiger partial charge >= 0.3 is 10.3 Å². The van der Waals surface area contributed by atoms with Crippen molar-refractivity contribution in [1.29, 1.82) is 0 Å². The van der Waals surface area contributed by atoms with E-state index >= 15 is 0 Å². The summed E-state index contributed by atoms with van der Waals surface area (Å²) in [6.45, 7) is 0.916. The van der Waals surface area contributed by atoms with Gasteiger partial charge in [0.25, 0.3) is 0 Å². The molecule has 0 spiro atoms. The van der Waals surface area contributed by atoms with Gasteiger partial charge < -0.3 is 5.73 Å². The SMILES string of the molecule is CCS(=O)(=O)NN(NS(C)(=O)=O)S(=O)(=O)CCC(N)NS(=O)(=O)OCc1ccccc1. The van der Waals surface area contributed by atoms with E-state index < -0.39 is 64.5 Å². The maximum atomic E-state index is 12.4. The van der Waals surface area contributed by atoms with Crippen molar-refractivity contribution in [2.24, 2.45) is 5.73 Å². The zero-order valence-corrected chi connectivity index (χ0v) is 19.9. The summed E-state index contributed by atoms with van der Waals surface area (Å²) in [5, 5.41) is 0. The van der Waals surface area contributed by atoms with E-state index in [9.17, 15) is 33.7 Å². The summed E-state index contributed by atoms with van der Waals surface area (Å²) in [5.74, 6) is -1.45. The first-order chi connectivity index (χ1) is 14.1. The summed E-state index contributed by atoms with van der Waals surface area (Å²) in [7, 11) is -17.3. The van der Waals surface area contributed by atoms with Gasteiger partial charge in [0.05, 0.1) is 30.5 Å². The predicted octanol–water partition coefficient (Wildman–Crippen LogP) is -2.34. The van der Waals surface area contributed by atoms with Crippen LogP contribution in [-0.2, 0) is 51.2 Å². The summed E-state index contributed by atoms with van der Waals surface area (Å²) in [6, 6.07) is 8.34. The molecule has 0 heterocycles. The van der Waals surface area contributed by atoms with E-state index in [1.807, 2.05) is 4.72 Å². The molecule has 1 atom stereocenters. The summed E-state index contributed by atoms with van der Waals surface area (Å²) in [4.78, 5) is 3.09. The molecule has 0 radical (unpaired) electrons. The van der Waals surface area contributed by atoms with E-state index in [4.69, 9.17) is 9.92 Å². The van der Waals surface area contributed by atoms with Gasteiger partial charge in [0.2, 0.25) is 30.1 Å². The van der Waals surface area contributed by atoms with Crippen molar-refractivity contribution >= 4 is 40.4 Å². The summed E-state index contributed by atoms with van der Waals surface area (Å²) < 4.78 is 101. The van der Waals surface area contributed by atoms with Gasteiger partial charge in [-0.1, -0.05) is 30.3 Å². The van der Waals surface area contributed by atoms with E-state index in [2.05, 4.69) is 0 Å². The standard InChI is InChI=1S/C13H25N5O9S4/c1-3-29(21,22)17-18(16-28(2,19)20)30(23,24)10-9-13(14)15-31(25,26)27-11-12-7-5-4-6-8-12/h4-8,13,15-17H,3,9-11,14H2,1-2H3. The smallest absolute Gasteiger partial charge is 0.315 e. The van der Waals surface area contributed by atoms with Gasteiger partial charge in [0.15, 0.2) is 0 Å². The zero-order valence-electron chi connectivity index (χ0n) is 16.6. The first-order valence-corrected chi connectivity index (χ1v) is 15.1. The maximum Gasteiger partial charge on any atom is 0.337 e. The van der Waals surface area contributed by atoms with Crippen molar-refractivity contribution < 1.29 is 37.9 Å². The lowest BCUT2D eigenvalue weighted by Crippen LogP contribution is -2.56. The largest absolute Gasteiger partial charge is 0.337 e. The van der Waals surface area contributed by atoms with Crippen LogP contribution < -0.4 is 20.1 Å². The zero-order chi connectivity index (χ0) is 23.9. The minimum atomic E-state index is -4.61. The molecule has 31 heavy (non-hydrogen) atoms. The molecule has 0 aliphatic carbocycles. The molecule has 5 N–H and O–H groups in total. The molecule has 18 heteroatoms. The first kappa shape index (κ1) is 27.8. The Morgan fingerprint density at radius 1 is 1.00 bits per heavy atom. The number of hydrogen-bond acceptors (Lipinski definition) is 10. The minimum Gasteiger partial charge on any atom is -0.315 e. The molecule has 14 nitrogen and oxygen atoms in total. The molecule has 0 aliphatic heterocycles. The van der Waals surface area contributed by atoms with Gasteiger partial charge in [-0.15, -0.1) is 9.66 Å². The third-order valence-corrected chi connectivity index (χ3v) is 7.81. The second kappa shape index (κ2) is 11.1. The molecule has 0 amide bonds. The normalized spacial score (nSPS) is 14.6. The van der Waals surface area contributed by atoms with Crippen LogP contribution in [0.3, 0.4) is 0 Å². The fourth-order valence-corrected chi connectivity index (χ4v) is 5.91. The van der Waals surface area contributed by atoms with Gasteiger partial charge in [-0.25, -0.2) is 25.3 Å². The summed E-state index contributed by atoms with van der Waals surface area (Å²) in [6.07, 6.45) is -1.36. The lowest BCUT2D eigenvalue weighted by atomic mass is 10.2. The Bertz CT molecular complexity index is 1140. The van der Waals surface area contributed by atoms with Crippen LogP contribution in [0.15, 0.2) is 30.3 Å². The lowest BCUT2D eigenvalue weighted by molar-refractivity contribution is 0.296. The highest BCUT2D eigenvalue weighted by atomic mass is 32.2. The number of rotatable bonds is 14. The fraction of sp³-hybridized carbons (Fsp3) is 0.538. The monoisotopic (exact) mass is 523 g/mol. The van der Waals surface area contributed by atoms with E-state index in [-0.39, 0.29) is 11.1 Å². The third kappa shape index (κ3) is 11.3. The van der Waals surface area contributed by atoms with Crippen molar-refractivity contribution in [3.63, 3.8) is 0 Å². The van der Waals surface area contributed by atoms with Crippen molar-refractivity contribution in [2.75, 3.05) is 17.8 Å². The topological polar surface area (TPSA) is 211 Å². The number of nitrogens with one attached hydrogen (secondary N) is 3. The molecule has 1 aromatic carbocycles. The second-order valence-electron chi connectivity index (χ2n) is 6.15. The Morgan fingerprint density at radius 2 is 1.58 bits per heavy atom. The number of hydrogen-bond donors (Lipinski definition) is 4. The van der Waals surface area contributed by atoms with Gasteiger partial charge in [-0.05, 0) is 23.4 Å².